The summed E-state index contributed by atoms with van der Waals surface area (Å²) >= 11 is 0. The first-order valence-electron chi connectivity index (χ1n) is 10.6. The molecule has 3 aliphatic carbocycles. The number of aliphatic hydroxyl groups is 1. The van der Waals surface area contributed by atoms with Crippen molar-refractivity contribution in [2.24, 2.45) is 40.4 Å². The van der Waals surface area contributed by atoms with Gasteiger partial charge in [-0.3, -0.25) is 4.79 Å². The minimum Gasteiger partial charge on any atom is -0.493 e. The highest BCUT2D eigenvalue weighted by atomic mass is 16.7. The zero-order valence-electron chi connectivity index (χ0n) is 17.4. The Morgan fingerprint density at radius 3 is 2.57 bits per heavy atom. The maximum Gasteiger partial charge on any atom is 0.203 e. The Labute approximate surface area is 166 Å². The number of carbonyl (C=O) groups is 1. The van der Waals surface area contributed by atoms with Gasteiger partial charge in [0.05, 0.1) is 25.4 Å². The minimum absolute atomic E-state index is 0.0428. The molecule has 2 saturated heterocycles. The Balaban J connectivity index is 1.71. The van der Waals surface area contributed by atoms with Gasteiger partial charge >= 0.3 is 0 Å². The van der Waals surface area contributed by atoms with E-state index in [0.29, 0.717) is 12.2 Å². The molecular weight excluding hydrogens is 360 g/mol. The molecule has 0 radical (unpaired) electrons. The van der Waals surface area contributed by atoms with E-state index in [-0.39, 0.29) is 65.9 Å². The van der Waals surface area contributed by atoms with Crippen LogP contribution in [0.3, 0.4) is 0 Å². The summed E-state index contributed by atoms with van der Waals surface area (Å²) in [7, 11) is 1.58. The van der Waals surface area contributed by atoms with Crippen molar-refractivity contribution < 1.29 is 28.8 Å². The van der Waals surface area contributed by atoms with Gasteiger partial charge in [0.2, 0.25) is 5.78 Å². The van der Waals surface area contributed by atoms with Crippen molar-refractivity contribution in [1.29, 1.82) is 0 Å². The smallest absolute Gasteiger partial charge is 0.203 e. The number of allylic oxidation sites excluding steroid dienone is 2. The summed E-state index contributed by atoms with van der Waals surface area (Å²) in [5, 5.41) is 10.5. The molecule has 6 nitrogen and oxygen atoms in total. The highest BCUT2D eigenvalue weighted by molar-refractivity contribution is 5.99. The van der Waals surface area contributed by atoms with Crippen LogP contribution in [0.4, 0.5) is 0 Å². The van der Waals surface area contributed by atoms with Gasteiger partial charge in [-0.1, -0.05) is 27.7 Å². The van der Waals surface area contributed by atoms with E-state index in [0.717, 1.165) is 6.42 Å². The van der Waals surface area contributed by atoms with E-state index in [1.54, 1.807) is 7.11 Å². The third-order valence-electron chi connectivity index (χ3n) is 9.13. The van der Waals surface area contributed by atoms with E-state index in [9.17, 15) is 9.90 Å². The Kier molecular flexibility index (Phi) is 4.10. The van der Waals surface area contributed by atoms with Crippen LogP contribution in [0.25, 0.3) is 0 Å². The van der Waals surface area contributed by atoms with Gasteiger partial charge in [-0.25, -0.2) is 0 Å². The van der Waals surface area contributed by atoms with Gasteiger partial charge in [-0.2, -0.15) is 0 Å². The molecule has 0 aromatic heterocycles. The highest BCUT2D eigenvalue weighted by Crippen LogP contribution is 2.69. The van der Waals surface area contributed by atoms with Crippen LogP contribution in [0, 0.1) is 40.4 Å². The number of methoxy groups -OCH3 is 1. The summed E-state index contributed by atoms with van der Waals surface area (Å²) < 4.78 is 23.9. The molecule has 0 spiro atoms. The topological polar surface area (TPSA) is 74.2 Å². The second-order valence-electron chi connectivity index (χ2n) is 10.1. The monoisotopic (exact) mass is 392 g/mol. The quantitative estimate of drug-likeness (QED) is 0.739. The number of hydrogen-bond donors (Lipinski definition) is 1. The van der Waals surface area contributed by atoms with Gasteiger partial charge in [0.1, 0.15) is 6.79 Å². The zero-order chi connectivity index (χ0) is 20.0. The zero-order valence-corrected chi connectivity index (χ0v) is 17.4. The molecule has 1 unspecified atom stereocenters. The number of ether oxygens (including phenoxy) is 4. The fourth-order valence-corrected chi connectivity index (χ4v) is 7.95. The van der Waals surface area contributed by atoms with Crippen LogP contribution in [0.5, 0.6) is 0 Å². The Hall–Kier alpha value is -0.950. The summed E-state index contributed by atoms with van der Waals surface area (Å²) in [6.45, 7) is 9.00. The van der Waals surface area contributed by atoms with Gasteiger partial charge in [0.25, 0.3) is 0 Å². The van der Waals surface area contributed by atoms with Crippen molar-refractivity contribution in [3.63, 3.8) is 0 Å². The average Bonchev–Trinajstić information content (AvgIpc) is 3.12. The molecular formula is C22H32O6. The first-order chi connectivity index (χ1) is 13.2. The van der Waals surface area contributed by atoms with E-state index in [1.807, 2.05) is 6.08 Å². The average molecular weight is 392 g/mol. The molecule has 5 aliphatic rings. The Morgan fingerprint density at radius 2 is 1.86 bits per heavy atom. The van der Waals surface area contributed by atoms with Crippen LogP contribution in [-0.2, 0) is 23.7 Å². The summed E-state index contributed by atoms with van der Waals surface area (Å²) in [6.07, 6.45) is 2.27. The first kappa shape index (κ1) is 19.0. The minimum atomic E-state index is -0.755. The number of aliphatic hydroxyl groups excluding tert-OH is 1. The van der Waals surface area contributed by atoms with E-state index >= 15 is 0 Å². The fraction of sp³-hybridized carbons (Fsp3) is 0.864. The predicted molar refractivity (Wildman–Crippen MR) is 99.8 cm³/mol. The maximum absolute atomic E-state index is 13.7. The summed E-state index contributed by atoms with van der Waals surface area (Å²) in [4.78, 5) is 13.7. The van der Waals surface area contributed by atoms with Gasteiger partial charge in [0, 0.05) is 23.2 Å². The molecule has 156 valence electrons. The number of ketones is 1. The molecule has 2 saturated carbocycles. The molecule has 0 aromatic carbocycles. The lowest BCUT2D eigenvalue weighted by Crippen LogP contribution is -2.73. The van der Waals surface area contributed by atoms with Crippen LogP contribution >= 0.6 is 0 Å². The molecule has 0 amide bonds. The molecule has 5 rings (SSSR count). The summed E-state index contributed by atoms with van der Waals surface area (Å²) in [5.41, 5.74) is -0.865. The molecule has 0 aromatic rings. The van der Waals surface area contributed by atoms with Crippen molar-refractivity contribution in [2.75, 3.05) is 13.9 Å². The van der Waals surface area contributed by atoms with Crippen molar-refractivity contribution in [3.05, 3.63) is 11.8 Å². The SMILES string of the molecule is COC1=C[C@@H](C)[C@@H]2C[C@H]3OC(O)C[C@H]4[C@@H](C)[C@@H]5OCO[C@H]5[C@H]([C@@]2(C)C1=O)[C@@]34C. The first-order valence-corrected chi connectivity index (χ1v) is 10.6. The fourth-order valence-electron chi connectivity index (χ4n) is 7.95. The Bertz CT molecular complexity index is 720. The molecule has 28 heavy (non-hydrogen) atoms. The van der Waals surface area contributed by atoms with Crippen LogP contribution < -0.4 is 0 Å². The highest BCUT2D eigenvalue weighted by Gasteiger charge is 2.73. The number of hydrogen-bond acceptors (Lipinski definition) is 6. The predicted octanol–water partition coefficient (Wildman–Crippen LogP) is 2.50. The molecule has 6 heteroatoms. The van der Waals surface area contributed by atoms with Crippen molar-refractivity contribution in [1.82, 2.24) is 0 Å². The number of fused-ring (bicyclic) bond motifs is 4. The molecule has 0 bridgehead atoms. The number of Topliss-reactive ketones (excluding diaryl/α,β-unsaturated/α-hetero) is 1. The normalized spacial score (nSPS) is 57.7. The molecule has 11 atom stereocenters. The lowest BCUT2D eigenvalue weighted by atomic mass is 9.38. The van der Waals surface area contributed by atoms with Gasteiger partial charge in [0.15, 0.2) is 12.0 Å². The molecule has 4 fully saturated rings. The number of carbonyl (C=O) groups excluding carboxylic acids is 1. The van der Waals surface area contributed by atoms with Crippen molar-refractivity contribution >= 4 is 5.78 Å². The second-order valence-corrected chi connectivity index (χ2v) is 10.1. The van der Waals surface area contributed by atoms with Crippen LogP contribution in [0.15, 0.2) is 11.8 Å². The largest absolute Gasteiger partial charge is 0.493 e. The van der Waals surface area contributed by atoms with Gasteiger partial charge < -0.3 is 24.1 Å². The molecule has 1 N–H and O–H groups in total. The molecule has 2 heterocycles. The lowest BCUT2D eigenvalue weighted by Gasteiger charge is -2.69. The second kappa shape index (κ2) is 6.03. The Morgan fingerprint density at radius 1 is 1.14 bits per heavy atom. The third kappa shape index (κ3) is 2.10. The van der Waals surface area contributed by atoms with E-state index in [2.05, 4.69) is 27.7 Å². The maximum atomic E-state index is 13.7. The van der Waals surface area contributed by atoms with Crippen LogP contribution in [-0.4, -0.2) is 49.4 Å². The van der Waals surface area contributed by atoms with Crippen LogP contribution in [0.1, 0.15) is 40.5 Å². The van der Waals surface area contributed by atoms with Crippen molar-refractivity contribution in [3.8, 4) is 0 Å². The van der Waals surface area contributed by atoms with E-state index in [4.69, 9.17) is 18.9 Å². The third-order valence-corrected chi connectivity index (χ3v) is 9.13. The summed E-state index contributed by atoms with van der Waals surface area (Å²) in [5.74, 6) is 1.26. The van der Waals surface area contributed by atoms with Crippen LogP contribution in [0.2, 0.25) is 0 Å². The summed E-state index contributed by atoms with van der Waals surface area (Å²) in [6, 6.07) is 0. The standard InChI is InChI=1S/C22H32O6/c1-10-6-14(25-5)20(24)22(4)12(10)7-15-21(3)13(8-16(23)28-15)11(2)17-18(19(21)22)27-9-26-17/h6,10-13,15-19,23H,7-9H2,1-5H3/t10-,11-,12+,13+,15-,16?,17+,18-,19+,21-,22+/m1/s1. The molecule has 2 aliphatic heterocycles. The lowest BCUT2D eigenvalue weighted by molar-refractivity contribution is -0.314. The van der Waals surface area contributed by atoms with Crippen molar-refractivity contribution in [2.45, 2.75) is 65.1 Å². The van der Waals surface area contributed by atoms with E-state index in [1.165, 1.54) is 0 Å². The van der Waals surface area contributed by atoms with Gasteiger partial charge in [-0.05, 0) is 36.2 Å². The van der Waals surface area contributed by atoms with E-state index < -0.39 is 11.7 Å². The number of rotatable bonds is 1. The van der Waals surface area contributed by atoms with Gasteiger partial charge in [-0.15, -0.1) is 0 Å².